The minimum absolute atomic E-state index is 0.00948. The minimum atomic E-state index is -0.520. The van der Waals surface area contributed by atoms with Gasteiger partial charge in [-0.25, -0.2) is 4.79 Å². The molecule has 5 nitrogen and oxygen atoms in total. The molecule has 2 aliphatic rings. The van der Waals surface area contributed by atoms with Crippen LogP contribution in [-0.4, -0.2) is 30.9 Å². The van der Waals surface area contributed by atoms with E-state index in [9.17, 15) is 10.1 Å². The monoisotopic (exact) mass is 280 g/mol. The van der Waals surface area contributed by atoms with Gasteiger partial charge in [-0.2, -0.15) is 5.26 Å². The minimum Gasteiger partial charge on any atom is -0.444 e. The molecular formula is C15H24N2O3. The third kappa shape index (κ3) is 3.24. The molecule has 5 heteroatoms. The topological polar surface area (TPSA) is 71.3 Å². The Bertz CT molecular complexity index is 402. The largest absolute Gasteiger partial charge is 0.444 e. The number of alkyl carbamates (subject to hydrolysis) is 1. The first-order valence-corrected chi connectivity index (χ1v) is 7.33. The van der Waals surface area contributed by atoms with E-state index < -0.39 is 11.7 Å². The second-order valence-corrected chi connectivity index (χ2v) is 6.87. The van der Waals surface area contributed by atoms with Crippen molar-refractivity contribution in [1.82, 2.24) is 5.32 Å². The number of nitrogens with zero attached hydrogens (tertiary/aromatic N) is 1. The molecule has 0 radical (unpaired) electrons. The molecule has 112 valence electrons. The number of amides is 1. The summed E-state index contributed by atoms with van der Waals surface area (Å²) in [6.07, 6.45) is 3.22. The van der Waals surface area contributed by atoms with Crippen molar-refractivity contribution in [3.05, 3.63) is 0 Å². The maximum atomic E-state index is 12.0. The van der Waals surface area contributed by atoms with Gasteiger partial charge in [-0.05, 0) is 51.9 Å². The van der Waals surface area contributed by atoms with Crippen molar-refractivity contribution in [3.8, 4) is 6.07 Å². The zero-order valence-corrected chi connectivity index (χ0v) is 12.6. The molecule has 1 spiro atoms. The first-order chi connectivity index (χ1) is 9.36. The van der Waals surface area contributed by atoms with Crippen molar-refractivity contribution < 1.29 is 14.3 Å². The van der Waals surface area contributed by atoms with E-state index in [0.29, 0.717) is 13.2 Å². The SMILES string of the molecule is CC(C)(C)OC(=O)NC1C(C#N)CCC12CCOCC2. The molecule has 1 saturated heterocycles. The Labute approximate surface area is 120 Å². The van der Waals surface area contributed by atoms with Crippen molar-refractivity contribution in [2.75, 3.05) is 13.2 Å². The van der Waals surface area contributed by atoms with Crippen LogP contribution >= 0.6 is 0 Å². The van der Waals surface area contributed by atoms with Crippen LogP contribution in [0, 0.1) is 22.7 Å². The summed E-state index contributed by atoms with van der Waals surface area (Å²) in [4.78, 5) is 12.0. The Kier molecular flexibility index (Phi) is 4.24. The Morgan fingerprint density at radius 3 is 2.55 bits per heavy atom. The molecule has 1 saturated carbocycles. The van der Waals surface area contributed by atoms with Gasteiger partial charge in [-0.3, -0.25) is 0 Å². The van der Waals surface area contributed by atoms with Crippen molar-refractivity contribution in [2.45, 2.75) is 58.1 Å². The molecule has 2 rings (SSSR count). The number of rotatable bonds is 1. The van der Waals surface area contributed by atoms with E-state index in [-0.39, 0.29) is 17.4 Å². The van der Waals surface area contributed by atoms with Crippen molar-refractivity contribution in [3.63, 3.8) is 0 Å². The van der Waals surface area contributed by atoms with Gasteiger partial charge in [0, 0.05) is 13.2 Å². The van der Waals surface area contributed by atoms with E-state index in [0.717, 1.165) is 25.7 Å². The molecule has 0 aromatic rings. The fourth-order valence-corrected chi connectivity index (χ4v) is 3.36. The molecule has 1 amide bonds. The summed E-state index contributed by atoms with van der Waals surface area (Å²) < 4.78 is 10.8. The maximum Gasteiger partial charge on any atom is 0.407 e. The van der Waals surface area contributed by atoms with Crippen molar-refractivity contribution >= 4 is 6.09 Å². The van der Waals surface area contributed by atoms with Crippen molar-refractivity contribution in [2.24, 2.45) is 11.3 Å². The van der Waals surface area contributed by atoms with Gasteiger partial charge in [-0.1, -0.05) is 0 Å². The average Bonchev–Trinajstić information content (AvgIpc) is 2.66. The first kappa shape index (κ1) is 15.1. The summed E-state index contributed by atoms with van der Waals surface area (Å²) in [6.45, 7) is 6.95. The number of hydrogen-bond acceptors (Lipinski definition) is 4. The van der Waals surface area contributed by atoms with Crippen LogP contribution in [0.3, 0.4) is 0 Å². The summed E-state index contributed by atoms with van der Waals surface area (Å²) >= 11 is 0. The highest BCUT2D eigenvalue weighted by Gasteiger charge is 2.50. The van der Waals surface area contributed by atoms with Crippen LogP contribution in [0.1, 0.15) is 46.5 Å². The van der Waals surface area contributed by atoms with Gasteiger partial charge in [-0.15, -0.1) is 0 Å². The smallest absolute Gasteiger partial charge is 0.407 e. The fraction of sp³-hybridized carbons (Fsp3) is 0.867. The zero-order valence-electron chi connectivity index (χ0n) is 12.6. The highest BCUT2D eigenvalue weighted by molar-refractivity contribution is 5.68. The molecular weight excluding hydrogens is 256 g/mol. The molecule has 1 heterocycles. The highest BCUT2D eigenvalue weighted by atomic mass is 16.6. The van der Waals surface area contributed by atoms with E-state index in [1.807, 2.05) is 20.8 Å². The van der Waals surface area contributed by atoms with Gasteiger partial charge in [0.15, 0.2) is 0 Å². The summed E-state index contributed by atoms with van der Waals surface area (Å²) in [5.41, 5.74) is -0.511. The predicted octanol–water partition coefficient (Wildman–Crippen LogP) is 2.61. The molecule has 1 aliphatic carbocycles. The number of nitriles is 1. The Hall–Kier alpha value is -1.28. The van der Waals surface area contributed by atoms with Gasteiger partial charge >= 0.3 is 6.09 Å². The summed E-state index contributed by atoms with van der Waals surface area (Å²) in [6, 6.07) is 2.22. The van der Waals surface area contributed by atoms with Crippen LogP contribution in [0.15, 0.2) is 0 Å². The lowest BCUT2D eigenvalue weighted by Crippen LogP contribution is -2.50. The molecule has 20 heavy (non-hydrogen) atoms. The number of hydrogen-bond donors (Lipinski definition) is 1. The molecule has 0 aromatic carbocycles. The normalized spacial score (nSPS) is 28.9. The fourth-order valence-electron chi connectivity index (χ4n) is 3.36. The van der Waals surface area contributed by atoms with E-state index in [1.165, 1.54) is 0 Å². The average molecular weight is 280 g/mol. The van der Waals surface area contributed by atoms with Crippen LogP contribution in [0.4, 0.5) is 4.79 Å². The van der Waals surface area contributed by atoms with E-state index in [1.54, 1.807) is 0 Å². The number of ether oxygens (including phenoxy) is 2. The Balaban J connectivity index is 2.08. The number of carbonyl (C=O) groups is 1. The second-order valence-electron chi connectivity index (χ2n) is 6.87. The molecule has 2 unspecified atom stereocenters. The third-order valence-electron chi connectivity index (χ3n) is 4.34. The molecule has 0 bridgehead atoms. The summed E-state index contributed by atoms with van der Waals surface area (Å²) in [5, 5.41) is 12.3. The third-order valence-corrected chi connectivity index (χ3v) is 4.34. The Morgan fingerprint density at radius 2 is 2.00 bits per heavy atom. The lowest BCUT2D eigenvalue weighted by molar-refractivity contribution is -0.00319. The van der Waals surface area contributed by atoms with Crippen LogP contribution in [-0.2, 0) is 9.47 Å². The molecule has 2 atom stereocenters. The molecule has 0 aromatic heterocycles. The number of nitrogens with one attached hydrogen (secondary N) is 1. The highest BCUT2D eigenvalue weighted by Crippen LogP contribution is 2.48. The van der Waals surface area contributed by atoms with Gasteiger partial charge in [0.1, 0.15) is 5.60 Å². The summed E-state index contributed by atoms with van der Waals surface area (Å²) in [7, 11) is 0. The maximum absolute atomic E-state index is 12.0. The predicted molar refractivity (Wildman–Crippen MR) is 74.0 cm³/mol. The second kappa shape index (κ2) is 5.61. The van der Waals surface area contributed by atoms with Crippen LogP contribution in [0.25, 0.3) is 0 Å². The standard InChI is InChI=1S/C15H24N2O3/c1-14(2,3)20-13(18)17-12-11(10-16)4-5-15(12)6-8-19-9-7-15/h11-12H,4-9H2,1-3H3,(H,17,18). The van der Waals surface area contributed by atoms with Crippen LogP contribution in [0.2, 0.25) is 0 Å². The van der Waals surface area contributed by atoms with Crippen LogP contribution in [0.5, 0.6) is 0 Å². The first-order valence-electron chi connectivity index (χ1n) is 7.33. The lowest BCUT2D eigenvalue weighted by Gasteiger charge is -2.39. The zero-order chi connectivity index (χ0) is 14.8. The Morgan fingerprint density at radius 1 is 1.35 bits per heavy atom. The van der Waals surface area contributed by atoms with Gasteiger partial charge in [0.05, 0.1) is 18.0 Å². The quantitative estimate of drug-likeness (QED) is 0.801. The number of carbonyl (C=O) groups excluding carboxylic acids is 1. The van der Waals surface area contributed by atoms with Crippen LogP contribution < -0.4 is 5.32 Å². The lowest BCUT2D eigenvalue weighted by atomic mass is 9.74. The van der Waals surface area contributed by atoms with E-state index in [4.69, 9.17) is 9.47 Å². The van der Waals surface area contributed by atoms with E-state index in [2.05, 4.69) is 11.4 Å². The van der Waals surface area contributed by atoms with Gasteiger partial charge in [0.25, 0.3) is 0 Å². The van der Waals surface area contributed by atoms with E-state index >= 15 is 0 Å². The van der Waals surface area contributed by atoms with Gasteiger partial charge in [0.2, 0.25) is 0 Å². The van der Waals surface area contributed by atoms with Crippen molar-refractivity contribution in [1.29, 1.82) is 5.26 Å². The van der Waals surface area contributed by atoms with Gasteiger partial charge < -0.3 is 14.8 Å². The molecule has 2 fully saturated rings. The molecule has 1 N–H and O–H groups in total. The molecule has 1 aliphatic heterocycles. The summed E-state index contributed by atoms with van der Waals surface area (Å²) in [5.74, 6) is -0.124.